The molecular weight excluding hydrogens is 166 g/mol. The first kappa shape index (κ1) is 10.1. The fourth-order valence-electron chi connectivity index (χ4n) is 1.26. The minimum Gasteiger partial charge on any atom is -0.303 e. The minimum absolute atomic E-state index is 0.922. The highest BCUT2D eigenvalue weighted by Crippen LogP contribution is 1.94. The molecule has 0 aliphatic carbocycles. The van der Waals surface area contributed by atoms with E-state index in [4.69, 9.17) is 0 Å². The van der Waals surface area contributed by atoms with Crippen LogP contribution in [-0.2, 0) is 13.5 Å². The topological polar surface area (TPSA) is 46.8 Å². The van der Waals surface area contributed by atoms with Gasteiger partial charge in [0.1, 0.15) is 0 Å². The maximum Gasteiger partial charge on any atom is 0.152 e. The van der Waals surface area contributed by atoms with E-state index in [0.717, 1.165) is 31.9 Å². The lowest BCUT2D eigenvalue weighted by Crippen LogP contribution is -2.26. The van der Waals surface area contributed by atoms with Gasteiger partial charge in [0.2, 0.25) is 0 Å². The van der Waals surface area contributed by atoms with Gasteiger partial charge in [-0.2, -0.15) is 0 Å². The van der Waals surface area contributed by atoms with Crippen LogP contribution in [0.3, 0.4) is 0 Å². The Hall–Kier alpha value is -0.970. The second-order valence-corrected chi connectivity index (χ2v) is 3.00. The fraction of sp³-hybridized carbons (Fsp3) is 0.875. The second kappa shape index (κ2) is 4.91. The van der Waals surface area contributed by atoms with Crippen LogP contribution in [0.25, 0.3) is 0 Å². The zero-order valence-corrected chi connectivity index (χ0v) is 8.56. The minimum atomic E-state index is 0.922. The van der Waals surface area contributed by atoms with Crippen molar-refractivity contribution in [1.29, 1.82) is 0 Å². The quantitative estimate of drug-likeness (QED) is 0.649. The largest absolute Gasteiger partial charge is 0.303 e. The molecule has 74 valence electrons. The maximum absolute atomic E-state index is 3.93. The molecule has 0 aliphatic heterocycles. The van der Waals surface area contributed by atoms with Crippen LogP contribution in [0.1, 0.15) is 19.7 Å². The number of nitrogens with zero attached hydrogens (tertiary/aromatic N) is 5. The highest BCUT2D eigenvalue weighted by molar-refractivity contribution is 4.80. The predicted octanol–water partition coefficient (Wildman–Crippen LogP) is 0.0944. The van der Waals surface area contributed by atoms with E-state index >= 15 is 0 Å². The average molecular weight is 183 g/mol. The van der Waals surface area contributed by atoms with Crippen LogP contribution in [0.5, 0.6) is 0 Å². The summed E-state index contributed by atoms with van der Waals surface area (Å²) in [5, 5.41) is 11.3. The second-order valence-electron chi connectivity index (χ2n) is 3.00. The Balaban J connectivity index is 2.38. The standard InChI is InChI=1S/C8H17N5/c1-4-13(5-2)7-6-8-9-10-11-12(8)3/h4-7H2,1-3H3. The number of rotatable bonds is 5. The van der Waals surface area contributed by atoms with Crippen LogP contribution in [0.15, 0.2) is 0 Å². The molecule has 0 amide bonds. The summed E-state index contributed by atoms with van der Waals surface area (Å²) in [7, 11) is 1.87. The number of tetrazole rings is 1. The Morgan fingerprint density at radius 1 is 1.31 bits per heavy atom. The van der Waals surface area contributed by atoms with Crippen molar-refractivity contribution in [2.45, 2.75) is 20.3 Å². The highest BCUT2D eigenvalue weighted by Gasteiger charge is 2.04. The summed E-state index contributed by atoms with van der Waals surface area (Å²) in [6, 6.07) is 0. The van der Waals surface area contributed by atoms with Crippen LogP contribution in [0.2, 0.25) is 0 Å². The Labute approximate surface area is 78.7 Å². The van der Waals surface area contributed by atoms with Gasteiger partial charge in [0.25, 0.3) is 0 Å². The molecule has 0 fully saturated rings. The van der Waals surface area contributed by atoms with Crippen LogP contribution in [-0.4, -0.2) is 44.7 Å². The van der Waals surface area contributed by atoms with Crippen molar-refractivity contribution in [3.63, 3.8) is 0 Å². The van der Waals surface area contributed by atoms with Crippen molar-refractivity contribution < 1.29 is 0 Å². The molecule has 1 rings (SSSR count). The van der Waals surface area contributed by atoms with Gasteiger partial charge in [-0.05, 0) is 23.5 Å². The van der Waals surface area contributed by atoms with Crippen LogP contribution in [0, 0.1) is 0 Å². The van der Waals surface area contributed by atoms with Crippen molar-refractivity contribution in [3.8, 4) is 0 Å². The number of hydrogen-bond donors (Lipinski definition) is 0. The number of aromatic nitrogens is 4. The van der Waals surface area contributed by atoms with E-state index in [1.54, 1.807) is 4.68 Å². The molecule has 0 atom stereocenters. The summed E-state index contributed by atoms with van der Waals surface area (Å²) >= 11 is 0. The molecular formula is C8H17N5. The van der Waals surface area contributed by atoms with Gasteiger partial charge < -0.3 is 4.90 Å². The van der Waals surface area contributed by atoms with Gasteiger partial charge in [-0.3, -0.25) is 0 Å². The molecule has 0 spiro atoms. The molecule has 0 saturated heterocycles. The number of aryl methyl sites for hydroxylation is 1. The third kappa shape index (κ3) is 2.77. The molecule has 1 aromatic rings. The predicted molar refractivity (Wildman–Crippen MR) is 50.3 cm³/mol. The lowest BCUT2D eigenvalue weighted by Gasteiger charge is -2.16. The van der Waals surface area contributed by atoms with E-state index in [1.165, 1.54) is 0 Å². The van der Waals surface area contributed by atoms with E-state index < -0.39 is 0 Å². The molecule has 0 aromatic carbocycles. The molecule has 13 heavy (non-hydrogen) atoms. The molecule has 0 aliphatic rings. The van der Waals surface area contributed by atoms with Gasteiger partial charge in [-0.15, -0.1) is 5.10 Å². The van der Waals surface area contributed by atoms with Gasteiger partial charge in [-0.25, -0.2) is 4.68 Å². The highest BCUT2D eigenvalue weighted by atomic mass is 15.5. The first-order valence-electron chi connectivity index (χ1n) is 4.71. The van der Waals surface area contributed by atoms with Crippen molar-refractivity contribution >= 4 is 0 Å². The van der Waals surface area contributed by atoms with E-state index in [0.29, 0.717) is 0 Å². The Bertz CT molecular complexity index is 240. The summed E-state index contributed by atoms with van der Waals surface area (Å²) in [6.07, 6.45) is 0.922. The molecule has 0 bridgehead atoms. The molecule has 0 saturated carbocycles. The molecule has 5 heteroatoms. The third-order valence-electron chi connectivity index (χ3n) is 2.25. The van der Waals surface area contributed by atoms with Crippen molar-refractivity contribution in [3.05, 3.63) is 5.82 Å². The van der Waals surface area contributed by atoms with Gasteiger partial charge in [-0.1, -0.05) is 13.8 Å². The van der Waals surface area contributed by atoms with Crippen LogP contribution >= 0.6 is 0 Å². The van der Waals surface area contributed by atoms with E-state index in [1.807, 2.05) is 7.05 Å². The van der Waals surface area contributed by atoms with E-state index in [2.05, 4.69) is 34.3 Å². The number of hydrogen-bond acceptors (Lipinski definition) is 4. The Kier molecular flexibility index (Phi) is 3.82. The first-order chi connectivity index (χ1) is 6.27. The van der Waals surface area contributed by atoms with Gasteiger partial charge >= 0.3 is 0 Å². The van der Waals surface area contributed by atoms with E-state index in [9.17, 15) is 0 Å². The summed E-state index contributed by atoms with van der Waals surface area (Å²) in [5.41, 5.74) is 0. The lowest BCUT2D eigenvalue weighted by atomic mass is 10.3. The number of likely N-dealkylation sites (N-methyl/N-ethyl adjacent to an activating group) is 1. The van der Waals surface area contributed by atoms with Gasteiger partial charge in [0.05, 0.1) is 0 Å². The maximum atomic E-state index is 3.93. The average Bonchev–Trinajstić information content (AvgIpc) is 2.54. The fourth-order valence-corrected chi connectivity index (χ4v) is 1.26. The Morgan fingerprint density at radius 3 is 2.46 bits per heavy atom. The third-order valence-corrected chi connectivity index (χ3v) is 2.25. The molecule has 0 N–H and O–H groups in total. The molecule has 0 radical (unpaired) electrons. The summed E-state index contributed by atoms with van der Waals surface area (Å²) in [5.74, 6) is 0.951. The van der Waals surface area contributed by atoms with Gasteiger partial charge in [0.15, 0.2) is 5.82 Å². The lowest BCUT2D eigenvalue weighted by molar-refractivity contribution is 0.304. The van der Waals surface area contributed by atoms with Gasteiger partial charge in [0, 0.05) is 20.0 Å². The molecule has 5 nitrogen and oxygen atoms in total. The van der Waals surface area contributed by atoms with Crippen molar-refractivity contribution in [2.24, 2.45) is 7.05 Å². The smallest absolute Gasteiger partial charge is 0.152 e. The van der Waals surface area contributed by atoms with Crippen LogP contribution in [0.4, 0.5) is 0 Å². The molecule has 1 heterocycles. The summed E-state index contributed by atoms with van der Waals surface area (Å²) in [6.45, 7) is 7.53. The summed E-state index contributed by atoms with van der Waals surface area (Å²) < 4.78 is 1.73. The zero-order chi connectivity index (χ0) is 9.68. The van der Waals surface area contributed by atoms with E-state index in [-0.39, 0.29) is 0 Å². The normalized spacial score (nSPS) is 11.1. The Morgan fingerprint density at radius 2 is 2.00 bits per heavy atom. The molecule has 0 unspecified atom stereocenters. The monoisotopic (exact) mass is 183 g/mol. The zero-order valence-electron chi connectivity index (χ0n) is 8.56. The molecule has 1 aromatic heterocycles. The first-order valence-corrected chi connectivity index (χ1v) is 4.71. The summed E-state index contributed by atoms with van der Waals surface area (Å²) in [4.78, 5) is 2.36. The van der Waals surface area contributed by atoms with Crippen LogP contribution < -0.4 is 0 Å². The van der Waals surface area contributed by atoms with Crippen molar-refractivity contribution in [2.75, 3.05) is 19.6 Å². The van der Waals surface area contributed by atoms with Crippen molar-refractivity contribution in [1.82, 2.24) is 25.1 Å². The SMILES string of the molecule is CCN(CC)CCc1nnnn1C.